The molecule has 1 heterocycles. The van der Waals surface area contributed by atoms with Crippen LogP contribution in [0.15, 0.2) is 52.3 Å². The second-order valence-electron chi connectivity index (χ2n) is 3.62. The van der Waals surface area contributed by atoms with E-state index >= 15 is 0 Å². The van der Waals surface area contributed by atoms with E-state index in [2.05, 4.69) is 31.4 Å². The van der Waals surface area contributed by atoms with Crippen molar-refractivity contribution in [2.45, 2.75) is 0 Å². The Kier molecular flexibility index (Phi) is 4.25. The van der Waals surface area contributed by atoms with Crippen molar-refractivity contribution >= 4 is 28.1 Å². The van der Waals surface area contributed by atoms with Crippen LogP contribution in [0.1, 0.15) is 15.9 Å². The zero-order valence-corrected chi connectivity index (χ0v) is 11.3. The molecule has 2 aromatic rings. The van der Waals surface area contributed by atoms with E-state index in [0.717, 1.165) is 0 Å². The number of carbonyl (C=O) groups is 1. The van der Waals surface area contributed by atoms with E-state index in [1.165, 1.54) is 12.4 Å². The summed E-state index contributed by atoms with van der Waals surface area (Å²) in [6, 6.07) is 8.45. The van der Waals surface area contributed by atoms with E-state index in [0.29, 0.717) is 15.6 Å². The number of rotatable bonds is 3. The molecule has 19 heavy (non-hydrogen) atoms. The zero-order chi connectivity index (χ0) is 13.7. The summed E-state index contributed by atoms with van der Waals surface area (Å²) in [5, 5.41) is 13.5. The van der Waals surface area contributed by atoms with E-state index in [1.54, 1.807) is 36.5 Å². The molecule has 0 aliphatic carbocycles. The van der Waals surface area contributed by atoms with Gasteiger partial charge in [-0.1, -0.05) is 6.07 Å². The van der Waals surface area contributed by atoms with Crippen molar-refractivity contribution in [3.05, 3.63) is 58.3 Å². The number of nitrogens with one attached hydrogen (secondary N) is 1. The summed E-state index contributed by atoms with van der Waals surface area (Å²) in [4.78, 5) is 15.5. The van der Waals surface area contributed by atoms with E-state index < -0.39 is 0 Å². The van der Waals surface area contributed by atoms with Crippen molar-refractivity contribution in [1.29, 1.82) is 0 Å². The lowest BCUT2D eigenvalue weighted by Crippen LogP contribution is -2.17. The van der Waals surface area contributed by atoms with Crippen LogP contribution in [0.3, 0.4) is 0 Å². The topological polar surface area (TPSA) is 74.6 Å². The molecule has 1 aromatic heterocycles. The van der Waals surface area contributed by atoms with Crippen LogP contribution in [-0.2, 0) is 0 Å². The maximum Gasteiger partial charge on any atom is 0.272 e. The van der Waals surface area contributed by atoms with Gasteiger partial charge in [-0.25, -0.2) is 5.43 Å². The maximum absolute atomic E-state index is 11.7. The van der Waals surface area contributed by atoms with Crippen LogP contribution >= 0.6 is 15.9 Å². The molecular formula is C13H10BrN3O2. The first-order valence-electron chi connectivity index (χ1n) is 5.39. The third-order valence-electron chi connectivity index (χ3n) is 2.31. The van der Waals surface area contributed by atoms with E-state index in [1.807, 2.05) is 0 Å². The molecule has 1 amide bonds. The number of pyridine rings is 1. The number of hydrogen-bond donors (Lipinski definition) is 2. The Bertz CT molecular complexity index is 615. The minimum atomic E-state index is -0.362. The summed E-state index contributed by atoms with van der Waals surface area (Å²) in [7, 11) is 0. The number of benzene rings is 1. The van der Waals surface area contributed by atoms with Gasteiger partial charge < -0.3 is 5.11 Å². The van der Waals surface area contributed by atoms with Gasteiger partial charge in [0.15, 0.2) is 0 Å². The van der Waals surface area contributed by atoms with Gasteiger partial charge in [-0.15, -0.1) is 0 Å². The third-order valence-corrected chi connectivity index (χ3v) is 2.95. The van der Waals surface area contributed by atoms with Gasteiger partial charge in [0, 0.05) is 18.0 Å². The number of carbonyl (C=O) groups excluding carboxylic acids is 1. The second-order valence-corrected chi connectivity index (χ2v) is 4.47. The number of hydrogen-bond acceptors (Lipinski definition) is 4. The molecule has 0 unspecified atom stereocenters. The predicted molar refractivity (Wildman–Crippen MR) is 75.1 cm³/mol. The average molecular weight is 320 g/mol. The summed E-state index contributed by atoms with van der Waals surface area (Å²) in [6.07, 6.45) is 4.40. The van der Waals surface area contributed by atoms with Crippen molar-refractivity contribution in [3.63, 3.8) is 0 Å². The maximum atomic E-state index is 11.7. The number of para-hydroxylation sites is 1. The Balaban J connectivity index is 2.05. The Labute approximate surface area is 118 Å². The quantitative estimate of drug-likeness (QED) is 0.673. The minimum absolute atomic E-state index is 0.0712. The molecule has 0 saturated carbocycles. The lowest BCUT2D eigenvalue weighted by atomic mass is 10.2. The molecule has 0 atom stereocenters. The largest absolute Gasteiger partial charge is 0.506 e. The summed E-state index contributed by atoms with van der Waals surface area (Å²) in [5.74, 6) is -0.291. The lowest BCUT2D eigenvalue weighted by molar-refractivity contribution is 0.0954. The smallest absolute Gasteiger partial charge is 0.272 e. The third kappa shape index (κ3) is 3.38. The number of phenols is 1. The first-order chi connectivity index (χ1) is 9.18. The molecule has 0 bridgehead atoms. The van der Waals surface area contributed by atoms with E-state index in [9.17, 15) is 9.90 Å². The molecule has 1 aromatic carbocycles. The number of aromatic nitrogens is 1. The molecule has 0 radical (unpaired) electrons. The summed E-state index contributed by atoms with van der Waals surface area (Å²) < 4.78 is 0.565. The van der Waals surface area contributed by atoms with Crippen LogP contribution in [0.5, 0.6) is 5.75 Å². The molecule has 0 aliphatic heterocycles. The minimum Gasteiger partial charge on any atom is -0.506 e. The molecular weight excluding hydrogens is 310 g/mol. The van der Waals surface area contributed by atoms with Crippen LogP contribution in [-0.4, -0.2) is 22.2 Å². The first kappa shape index (κ1) is 13.2. The number of halogens is 1. The van der Waals surface area contributed by atoms with Gasteiger partial charge in [0.25, 0.3) is 5.91 Å². The van der Waals surface area contributed by atoms with Crippen LogP contribution in [0.25, 0.3) is 0 Å². The molecule has 96 valence electrons. The van der Waals surface area contributed by atoms with Gasteiger partial charge >= 0.3 is 0 Å². The van der Waals surface area contributed by atoms with Crippen molar-refractivity contribution in [2.24, 2.45) is 5.10 Å². The molecule has 0 fully saturated rings. The van der Waals surface area contributed by atoms with Crippen LogP contribution in [0, 0.1) is 0 Å². The number of amides is 1. The molecule has 2 rings (SSSR count). The SMILES string of the molecule is O=C(N/N=C/c1cccc(Br)c1O)c1cccnc1. The Morgan fingerprint density at radius 3 is 2.95 bits per heavy atom. The first-order valence-corrected chi connectivity index (χ1v) is 6.18. The van der Waals surface area contributed by atoms with Crippen molar-refractivity contribution in [3.8, 4) is 5.75 Å². The van der Waals surface area contributed by atoms with Crippen LogP contribution in [0.4, 0.5) is 0 Å². The average Bonchev–Trinajstić information content (AvgIpc) is 2.44. The molecule has 0 saturated heterocycles. The highest BCUT2D eigenvalue weighted by molar-refractivity contribution is 9.10. The number of phenolic OH excluding ortho intramolecular Hbond substituents is 1. The highest BCUT2D eigenvalue weighted by Crippen LogP contribution is 2.25. The van der Waals surface area contributed by atoms with Gasteiger partial charge in [-0.05, 0) is 40.2 Å². The number of hydrazone groups is 1. The van der Waals surface area contributed by atoms with Crippen molar-refractivity contribution < 1.29 is 9.90 Å². The fourth-order valence-electron chi connectivity index (χ4n) is 1.36. The van der Waals surface area contributed by atoms with E-state index in [-0.39, 0.29) is 11.7 Å². The lowest BCUT2D eigenvalue weighted by Gasteiger charge is -2.01. The van der Waals surface area contributed by atoms with Gasteiger partial charge in [0.05, 0.1) is 16.3 Å². The van der Waals surface area contributed by atoms with Crippen molar-refractivity contribution in [2.75, 3.05) is 0 Å². The predicted octanol–water partition coefficient (Wildman–Crippen LogP) is 2.31. The summed E-state index contributed by atoms with van der Waals surface area (Å²) in [5.41, 5.74) is 3.27. The summed E-state index contributed by atoms with van der Waals surface area (Å²) >= 11 is 3.20. The van der Waals surface area contributed by atoms with Gasteiger partial charge in [0.2, 0.25) is 0 Å². The monoisotopic (exact) mass is 319 g/mol. The fraction of sp³-hybridized carbons (Fsp3) is 0. The van der Waals surface area contributed by atoms with Gasteiger partial charge in [-0.2, -0.15) is 5.10 Å². The zero-order valence-electron chi connectivity index (χ0n) is 9.75. The Morgan fingerprint density at radius 1 is 1.37 bits per heavy atom. The molecule has 2 N–H and O–H groups in total. The molecule has 6 heteroatoms. The molecule has 5 nitrogen and oxygen atoms in total. The van der Waals surface area contributed by atoms with Gasteiger partial charge in [0.1, 0.15) is 5.75 Å². The highest BCUT2D eigenvalue weighted by atomic mass is 79.9. The second kappa shape index (κ2) is 6.10. The number of aromatic hydroxyl groups is 1. The Hall–Kier alpha value is -2.21. The molecule has 0 aliphatic rings. The normalized spacial score (nSPS) is 10.6. The fourth-order valence-corrected chi connectivity index (χ4v) is 1.74. The van der Waals surface area contributed by atoms with Crippen molar-refractivity contribution in [1.82, 2.24) is 10.4 Å². The van der Waals surface area contributed by atoms with Gasteiger partial charge in [-0.3, -0.25) is 9.78 Å². The van der Waals surface area contributed by atoms with Crippen LogP contribution < -0.4 is 5.43 Å². The van der Waals surface area contributed by atoms with E-state index in [4.69, 9.17) is 0 Å². The summed E-state index contributed by atoms with van der Waals surface area (Å²) in [6.45, 7) is 0. The number of nitrogens with zero attached hydrogens (tertiary/aromatic N) is 2. The standard InChI is InChI=1S/C13H10BrN3O2/c14-11-5-1-3-9(12(11)18)8-16-17-13(19)10-4-2-6-15-7-10/h1-8,18H,(H,17,19)/b16-8+. The molecule has 0 spiro atoms. The van der Waals surface area contributed by atoms with Crippen LogP contribution in [0.2, 0.25) is 0 Å². The Morgan fingerprint density at radius 2 is 2.21 bits per heavy atom. The highest BCUT2D eigenvalue weighted by Gasteiger charge is 2.04.